The topological polar surface area (TPSA) is 109 Å². The van der Waals surface area contributed by atoms with Gasteiger partial charge in [0.2, 0.25) is 5.91 Å². The first-order valence-corrected chi connectivity index (χ1v) is 11.4. The summed E-state index contributed by atoms with van der Waals surface area (Å²) in [4.78, 5) is 38.4. The van der Waals surface area contributed by atoms with E-state index in [0.717, 1.165) is 55.4 Å². The molecule has 0 aromatic carbocycles. The summed E-state index contributed by atoms with van der Waals surface area (Å²) in [6, 6.07) is 0. The number of carboxylic acid groups (broad SMARTS) is 1. The van der Waals surface area contributed by atoms with Crippen LogP contribution in [0.1, 0.15) is 59.8 Å². The summed E-state index contributed by atoms with van der Waals surface area (Å²) in [5, 5.41) is 13.1. The summed E-state index contributed by atoms with van der Waals surface area (Å²) in [6.45, 7) is 2.18. The predicted octanol–water partition coefficient (Wildman–Crippen LogP) is 3.60. The predicted molar refractivity (Wildman–Crippen MR) is 112 cm³/mol. The molecule has 0 aliphatic heterocycles. The Hall–Kier alpha value is -2.15. The number of thiophene rings is 1. The van der Waals surface area contributed by atoms with E-state index < -0.39 is 23.7 Å². The number of amides is 2. The molecular weight excluding hydrogens is 388 g/mol. The lowest BCUT2D eigenvalue weighted by molar-refractivity contribution is -0.151. The zero-order valence-electron chi connectivity index (χ0n) is 16.6. The van der Waals surface area contributed by atoms with E-state index in [-0.39, 0.29) is 17.7 Å². The van der Waals surface area contributed by atoms with Crippen LogP contribution in [0, 0.1) is 29.6 Å². The van der Waals surface area contributed by atoms with Crippen molar-refractivity contribution in [2.45, 2.75) is 51.9 Å². The highest BCUT2D eigenvalue weighted by atomic mass is 32.1. The number of fused-ring (bicyclic) bond motifs is 3. The maximum absolute atomic E-state index is 13.2. The van der Waals surface area contributed by atoms with Crippen LogP contribution >= 0.6 is 11.3 Å². The van der Waals surface area contributed by atoms with Crippen LogP contribution < -0.4 is 11.1 Å². The minimum atomic E-state index is -0.924. The number of nitrogens with two attached hydrogens (primary N) is 1. The molecule has 1 aromatic rings. The summed E-state index contributed by atoms with van der Waals surface area (Å²) in [5.41, 5.74) is 7.08. The van der Waals surface area contributed by atoms with E-state index in [2.05, 4.69) is 12.2 Å². The Morgan fingerprint density at radius 2 is 1.86 bits per heavy atom. The summed E-state index contributed by atoms with van der Waals surface area (Å²) >= 11 is 1.44. The van der Waals surface area contributed by atoms with Gasteiger partial charge in [0.05, 0.1) is 17.4 Å². The molecule has 1 saturated carbocycles. The van der Waals surface area contributed by atoms with E-state index in [9.17, 15) is 19.5 Å². The number of carbonyl (C=O) groups is 3. The largest absolute Gasteiger partial charge is 0.481 e. The van der Waals surface area contributed by atoms with Gasteiger partial charge in [0, 0.05) is 4.88 Å². The van der Waals surface area contributed by atoms with Gasteiger partial charge in [-0.25, -0.2) is 0 Å². The summed E-state index contributed by atoms with van der Waals surface area (Å²) in [5.74, 6) is -2.63. The molecule has 1 fully saturated rings. The van der Waals surface area contributed by atoms with E-state index in [1.807, 2.05) is 12.2 Å². The minimum absolute atomic E-state index is 0.0679. The standard InChI is InChI=1S/C22H28N2O4S/c1-2-3-11-4-9-14-15(10-11)29-21(18(14)19(23)25)24-20(26)16-12-5-7-13(8-6-12)17(16)22(27)28/h5,7,11-13,16-17H,2-4,6,8-10H2,1H3,(H2,23,25)(H,24,26)(H,27,28)/t11-,12+,13-,16-,17-/m0/s1. The van der Waals surface area contributed by atoms with Crippen LogP contribution in [0.2, 0.25) is 0 Å². The second-order valence-electron chi connectivity index (χ2n) is 8.64. The third kappa shape index (κ3) is 3.61. The molecule has 7 heteroatoms. The van der Waals surface area contributed by atoms with Crippen LogP contribution in [0.3, 0.4) is 0 Å². The average Bonchev–Trinajstić information content (AvgIpc) is 3.05. The van der Waals surface area contributed by atoms with E-state index in [4.69, 9.17) is 5.73 Å². The van der Waals surface area contributed by atoms with E-state index in [1.54, 1.807) is 0 Å². The number of aliphatic carboxylic acids is 1. The van der Waals surface area contributed by atoms with Crippen molar-refractivity contribution in [3.63, 3.8) is 0 Å². The number of carboxylic acids is 1. The molecule has 5 atom stereocenters. The average molecular weight is 417 g/mol. The van der Waals surface area contributed by atoms with Crippen LogP contribution in [-0.2, 0) is 22.4 Å². The lowest BCUT2D eigenvalue weighted by atomic mass is 9.62. The highest BCUT2D eigenvalue weighted by Gasteiger charge is 2.48. The summed E-state index contributed by atoms with van der Waals surface area (Å²) in [7, 11) is 0. The van der Waals surface area contributed by atoms with Crippen molar-refractivity contribution in [3.05, 3.63) is 28.2 Å². The highest BCUT2D eigenvalue weighted by Crippen LogP contribution is 2.46. The second kappa shape index (κ2) is 7.94. The molecule has 0 saturated heterocycles. The highest BCUT2D eigenvalue weighted by molar-refractivity contribution is 7.17. The van der Waals surface area contributed by atoms with Gasteiger partial charge in [-0.1, -0.05) is 31.9 Å². The molecule has 2 bridgehead atoms. The first-order valence-electron chi connectivity index (χ1n) is 10.6. The van der Waals surface area contributed by atoms with Gasteiger partial charge in [0.25, 0.3) is 5.91 Å². The maximum Gasteiger partial charge on any atom is 0.307 e. The zero-order chi connectivity index (χ0) is 20.7. The SMILES string of the molecule is CCC[C@H]1CCc2c(sc(NC(=O)[C@@H]3[C@@H](C(=O)O)[C@H]4C=C[C@@H]3CC4)c2C(N)=O)C1. The van der Waals surface area contributed by atoms with Gasteiger partial charge >= 0.3 is 5.97 Å². The molecule has 4 N–H and O–H groups in total. The van der Waals surface area contributed by atoms with Gasteiger partial charge in [-0.3, -0.25) is 14.4 Å². The Morgan fingerprint density at radius 3 is 2.45 bits per heavy atom. The number of carbonyl (C=O) groups excluding carboxylic acids is 2. The molecule has 0 spiro atoms. The quantitative estimate of drug-likeness (QED) is 0.615. The number of hydrogen-bond acceptors (Lipinski definition) is 4. The van der Waals surface area contributed by atoms with Gasteiger partial charge in [-0.2, -0.15) is 0 Å². The van der Waals surface area contributed by atoms with Crippen molar-refractivity contribution < 1.29 is 19.5 Å². The fourth-order valence-electron chi connectivity index (χ4n) is 5.54. The fraction of sp³-hybridized carbons (Fsp3) is 0.591. The molecule has 1 aromatic heterocycles. The molecule has 5 rings (SSSR count). The van der Waals surface area contributed by atoms with E-state index in [1.165, 1.54) is 11.3 Å². The smallest absolute Gasteiger partial charge is 0.307 e. The molecular formula is C22H28N2O4S. The van der Waals surface area contributed by atoms with Gasteiger partial charge in [0.15, 0.2) is 0 Å². The van der Waals surface area contributed by atoms with Gasteiger partial charge in [-0.05, 0) is 55.4 Å². The van der Waals surface area contributed by atoms with Crippen molar-refractivity contribution >= 4 is 34.1 Å². The lowest BCUT2D eigenvalue weighted by Crippen LogP contribution is -2.47. The first kappa shape index (κ1) is 20.1. The first-order chi connectivity index (χ1) is 13.9. The number of primary amides is 1. The number of anilines is 1. The Balaban J connectivity index is 1.61. The van der Waals surface area contributed by atoms with Gasteiger partial charge < -0.3 is 16.2 Å². The summed E-state index contributed by atoms with van der Waals surface area (Å²) in [6.07, 6.45) is 10.6. The van der Waals surface area contributed by atoms with Crippen LogP contribution in [0.25, 0.3) is 0 Å². The molecule has 4 aliphatic carbocycles. The van der Waals surface area contributed by atoms with Crippen molar-refractivity contribution in [1.82, 2.24) is 0 Å². The lowest BCUT2D eigenvalue weighted by Gasteiger charge is -2.41. The van der Waals surface area contributed by atoms with Crippen LogP contribution in [-0.4, -0.2) is 22.9 Å². The van der Waals surface area contributed by atoms with E-state index >= 15 is 0 Å². The summed E-state index contributed by atoms with van der Waals surface area (Å²) < 4.78 is 0. The Bertz CT molecular complexity index is 874. The second-order valence-corrected chi connectivity index (χ2v) is 9.74. The van der Waals surface area contributed by atoms with E-state index in [0.29, 0.717) is 16.5 Å². The third-order valence-electron chi connectivity index (χ3n) is 6.88. The molecule has 29 heavy (non-hydrogen) atoms. The minimum Gasteiger partial charge on any atom is -0.481 e. The van der Waals surface area contributed by atoms with Gasteiger partial charge in [-0.15, -0.1) is 11.3 Å². The van der Waals surface area contributed by atoms with Crippen LogP contribution in [0.4, 0.5) is 5.00 Å². The van der Waals surface area contributed by atoms with Crippen LogP contribution in [0.5, 0.6) is 0 Å². The number of allylic oxidation sites excluding steroid dienone is 2. The molecule has 2 amide bonds. The third-order valence-corrected chi connectivity index (χ3v) is 8.05. The Kier molecular flexibility index (Phi) is 5.51. The van der Waals surface area contributed by atoms with Gasteiger partial charge in [0.1, 0.15) is 5.00 Å². The molecule has 1 heterocycles. The maximum atomic E-state index is 13.2. The normalized spacial score (nSPS) is 30.0. The molecule has 0 radical (unpaired) electrons. The Labute approximate surface area is 174 Å². The van der Waals surface area contributed by atoms with Crippen molar-refractivity contribution in [1.29, 1.82) is 0 Å². The monoisotopic (exact) mass is 416 g/mol. The molecule has 156 valence electrons. The molecule has 0 unspecified atom stereocenters. The number of rotatable bonds is 6. The number of hydrogen-bond donors (Lipinski definition) is 3. The number of nitrogens with one attached hydrogen (secondary N) is 1. The molecule has 4 aliphatic rings. The van der Waals surface area contributed by atoms with Crippen LogP contribution in [0.15, 0.2) is 12.2 Å². The van der Waals surface area contributed by atoms with Crippen molar-refractivity contribution in [3.8, 4) is 0 Å². The fourth-order valence-corrected chi connectivity index (χ4v) is 6.91. The van der Waals surface area contributed by atoms with Crippen molar-refractivity contribution in [2.75, 3.05) is 5.32 Å². The molecule has 6 nitrogen and oxygen atoms in total. The Morgan fingerprint density at radius 1 is 1.17 bits per heavy atom. The van der Waals surface area contributed by atoms with Crippen molar-refractivity contribution in [2.24, 2.45) is 35.3 Å². The zero-order valence-corrected chi connectivity index (χ0v) is 17.5.